The molecule has 0 aliphatic heterocycles. The summed E-state index contributed by atoms with van der Waals surface area (Å²) in [5.74, 6) is 0. The summed E-state index contributed by atoms with van der Waals surface area (Å²) in [7, 11) is 0. The highest BCUT2D eigenvalue weighted by Gasteiger charge is 2.23. The van der Waals surface area contributed by atoms with Crippen molar-refractivity contribution in [2.75, 3.05) is 6.61 Å². The summed E-state index contributed by atoms with van der Waals surface area (Å²) in [6.07, 6.45) is 11.4. The van der Waals surface area contributed by atoms with E-state index in [4.69, 9.17) is 4.74 Å². The minimum atomic E-state index is 0.153. The SMILES string of the molecule is CCCCCOC(C)(CCCC)CCCC. The van der Waals surface area contributed by atoms with Crippen molar-refractivity contribution in [1.82, 2.24) is 0 Å². The van der Waals surface area contributed by atoms with Gasteiger partial charge in [-0.15, -0.1) is 0 Å². The summed E-state index contributed by atoms with van der Waals surface area (Å²) < 4.78 is 6.14. The Bertz CT molecular complexity index is 134. The third-order valence-electron chi connectivity index (χ3n) is 3.32. The van der Waals surface area contributed by atoms with Crippen molar-refractivity contribution < 1.29 is 4.74 Å². The second kappa shape index (κ2) is 10.1. The maximum atomic E-state index is 6.14. The molecule has 0 saturated carbocycles. The van der Waals surface area contributed by atoms with Gasteiger partial charge in [-0.05, 0) is 26.2 Å². The van der Waals surface area contributed by atoms with Crippen LogP contribution >= 0.6 is 0 Å². The fraction of sp³-hybridized carbons (Fsp3) is 1.00. The van der Waals surface area contributed by atoms with Crippen molar-refractivity contribution in [2.24, 2.45) is 0 Å². The molecule has 0 spiro atoms. The molecule has 0 radical (unpaired) electrons. The lowest BCUT2D eigenvalue weighted by atomic mass is 9.92. The molecule has 0 rings (SSSR count). The molecule has 0 aromatic rings. The highest BCUT2D eigenvalue weighted by atomic mass is 16.5. The van der Waals surface area contributed by atoms with E-state index in [-0.39, 0.29) is 5.60 Å². The van der Waals surface area contributed by atoms with E-state index in [0.29, 0.717) is 0 Å². The van der Waals surface area contributed by atoms with Crippen molar-refractivity contribution >= 4 is 0 Å². The van der Waals surface area contributed by atoms with Crippen LogP contribution in [0.25, 0.3) is 0 Å². The highest BCUT2D eigenvalue weighted by Crippen LogP contribution is 2.25. The Hall–Kier alpha value is -0.0400. The van der Waals surface area contributed by atoms with Crippen molar-refractivity contribution in [1.29, 1.82) is 0 Å². The molecule has 0 aliphatic rings. The molecule has 0 unspecified atom stereocenters. The largest absolute Gasteiger partial charge is 0.375 e. The van der Waals surface area contributed by atoms with E-state index in [1.165, 1.54) is 57.8 Å². The van der Waals surface area contributed by atoms with Gasteiger partial charge in [-0.25, -0.2) is 0 Å². The van der Waals surface area contributed by atoms with Crippen molar-refractivity contribution in [2.45, 2.75) is 91.1 Å². The van der Waals surface area contributed by atoms with Gasteiger partial charge in [-0.1, -0.05) is 59.3 Å². The summed E-state index contributed by atoms with van der Waals surface area (Å²) in [6.45, 7) is 10.0. The first-order valence-corrected chi connectivity index (χ1v) is 7.32. The van der Waals surface area contributed by atoms with E-state index in [9.17, 15) is 0 Å². The van der Waals surface area contributed by atoms with Crippen LogP contribution in [0.2, 0.25) is 0 Å². The van der Waals surface area contributed by atoms with E-state index in [1.54, 1.807) is 0 Å². The van der Waals surface area contributed by atoms with Gasteiger partial charge in [0.2, 0.25) is 0 Å². The maximum Gasteiger partial charge on any atom is 0.0654 e. The van der Waals surface area contributed by atoms with E-state index in [1.807, 2.05) is 0 Å². The van der Waals surface area contributed by atoms with E-state index in [0.717, 1.165) is 6.61 Å². The predicted molar refractivity (Wildman–Crippen MR) is 72.9 cm³/mol. The highest BCUT2D eigenvalue weighted by molar-refractivity contribution is 4.75. The van der Waals surface area contributed by atoms with Gasteiger partial charge in [0.05, 0.1) is 5.60 Å². The Labute approximate surface area is 103 Å². The number of rotatable bonds is 11. The Kier molecular flexibility index (Phi) is 10.1. The zero-order valence-electron chi connectivity index (χ0n) is 12.0. The Morgan fingerprint density at radius 3 is 1.69 bits per heavy atom. The third kappa shape index (κ3) is 8.15. The van der Waals surface area contributed by atoms with Gasteiger partial charge < -0.3 is 4.74 Å². The van der Waals surface area contributed by atoms with Crippen molar-refractivity contribution in [3.05, 3.63) is 0 Å². The molecule has 0 bridgehead atoms. The first-order chi connectivity index (χ1) is 7.68. The number of unbranched alkanes of at least 4 members (excludes halogenated alkanes) is 4. The summed E-state index contributed by atoms with van der Waals surface area (Å²) in [6, 6.07) is 0. The van der Waals surface area contributed by atoms with Gasteiger partial charge in [0.15, 0.2) is 0 Å². The standard InChI is InChI=1S/C15H32O/c1-5-8-11-14-16-15(4,12-9-6-2)13-10-7-3/h5-14H2,1-4H3. The van der Waals surface area contributed by atoms with Crippen LogP contribution in [0.4, 0.5) is 0 Å². The molecule has 1 heteroatoms. The summed E-state index contributed by atoms with van der Waals surface area (Å²) in [4.78, 5) is 0. The third-order valence-corrected chi connectivity index (χ3v) is 3.32. The lowest BCUT2D eigenvalue weighted by molar-refractivity contribution is -0.0476. The molecule has 0 amide bonds. The number of ether oxygens (including phenoxy) is 1. The minimum absolute atomic E-state index is 0.153. The minimum Gasteiger partial charge on any atom is -0.375 e. The summed E-state index contributed by atoms with van der Waals surface area (Å²) in [5, 5.41) is 0. The van der Waals surface area contributed by atoms with Crippen LogP contribution < -0.4 is 0 Å². The van der Waals surface area contributed by atoms with Crippen LogP contribution in [0.15, 0.2) is 0 Å². The zero-order valence-corrected chi connectivity index (χ0v) is 12.0. The molecule has 0 aromatic heterocycles. The first kappa shape index (κ1) is 16.0. The molecule has 98 valence electrons. The zero-order chi connectivity index (χ0) is 12.3. The Morgan fingerprint density at radius 1 is 0.750 bits per heavy atom. The van der Waals surface area contributed by atoms with Crippen LogP contribution in [0.1, 0.15) is 85.5 Å². The molecule has 0 saturated heterocycles. The monoisotopic (exact) mass is 228 g/mol. The molecular formula is C15H32O. The van der Waals surface area contributed by atoms with Gasteiger partial charge in [0.1, 0.15) is 0 Å². The van der Waals surface area contributed by atoms with Gasteiger partial charge in [-0.3, -0.25) is 0 Å². The van der Waals surface area contributed by atoms with Gasteiger partial charge in [0, 0.05) is 6.61 Å². The van der Waals surface area contributed by atoms with Crippen molar-refractivity contribution in [3.63, 3.8) is 0 Å². The van der Waals surface area contributed by atoms with Crippen LogP contribution in [-0.2, 0) is 4.74 Å². The Balaban J connectivity index is 3.86. The predicted octanol–water partition coefficient (Wildman–Crippen LogP) is 5.33. The second-order valence-corrected chi connectivity index (χ2v) is 5.21. The van der Waals surface area contributed by atoms with E-state index >= 15 is 0 Å². The average molecular weight is 228 g/mol. The smallest absolute Gasteiger partial charge is 0.0654 e. The fourth-order valence-electron chi connectivity index (χ4n) is 2.04. The molecule has 0 atom stereocenters. The van der Waals surface area contributed by atoms with Gasteiger partial charge >= 0.3 is 0 Å². The van der Waals surface area contributed by atoms with Crippen LogP contribution in [0.3, 0.4) is 0 Å². The lowest BCUT2D eigenvalue weighted by Gasteiger charge is -2.30. The molecule has 16 heavy (non-hydrogen) atoms. The van der Waals surface area contributed by atoms with E-state index < -0.39 is 0 Å². The van der Waals surface area contributed by atoms with Crippen LogP contribution in [0.5, 0.6) is 0 Å². The molecule has 0 aliphatic carbocycles. The normalized spacial score (nSPS) is 12.0. The number of hydrogen-bond donors (Lipinski definition) is 0. The maximum absolute atomic E-state index is 6.14. The molecule has 0 aromatic carbocycles. The fourth-order valence-corrected chi connectivity index (χ4v) is 2.04. The second-order valence-electron chi connectivity index (χ2n) is 5.21. The van der Waals surface area contributed by atoms with Crippen LogP contribution in [0, 0.1) is 0 Å². The van der Waals surface area contributed by atoms with Crippen LogP contribution in [-0.4, -0.2) is 12.2 Å². The molecule has 1 nitrogen and oxygen atoms in total. The molecule has 0 N–H and O–H groups in total. The quantitative estimate of drug-likeness (QED) is 0.434. The lowest BCUT2D eigenvalue weighted by Crippen LogP contribution is -2.29. The van der Waals surface area contributed by atoms with E-state index in [2.05, 4.69) is 27.7 Å². The molecular weight excluding hydrogens is 196 g/mol. The molecule has 0 fully saturated rings. The average Bonchev–Trinajstić information content (AvgIpc) is 2.30. The number of hydrogen-bond acceptors (Lipinski definition) is 1. The summed E-state index contributed by atoms with van der Waals surface area (Å²) >= 11 is 0. The molecule has 0 heterocycles. The van der Waals surface area contributed by atoms with Gasteiger partial charge in [0.25, 0.3) is 0 Å². The van der Waals surface area contributed by atoms with Crippen molar-refractivity contribution in [3.8, 4) is 0 Å². The summed E-state index contributed by atoms with van der Waals surface area (Å²) in [5.41, 5.74) is 0.153. The first-order valence-electron chi connectivity index (χ1n) is 7.32. The van der Waals surface area contributed by atoms with Gasteiger partial charge in [-0.2, -0.15) is 0 Å². The Morgan fingerprint density at radius 2 is 1.25 bits per heavy atom. The topological polar surface area (TPSA) is 9.23 Å².